The molecule has 0 unspecified atom stereocenters. The fraction of sp³-hybridized carbons (Fsp3) is 0.0588. The Kier molecular flexibility index (Phi) is 6.08. The largest absolute Gasteiger partial charge is 0.456 e. The van der Waals surface area contributed by atoms with Crippen molar-refractivity contribution in [3.63, 3.8) is 0 Å². The highest BCUT2D eigenvalue weighted by molar-refractivity contribution is 6.26. The predicted molar refractivity (Wildman–Crippen MR) is 220 cm³/mol. The zero-order chi connectivity index (χ0) is 34.6. The van der Waals surface area contributed by atoms with E-state index < -0.39 is 0 Å². The third kappa shape index (κ3) is 4.05. The lowest BCUT2D eigenvalue weighted by Crippen LogP contribution is -2.14. The molecular formula is C51H34O. The standard InChI is InChI=1S/C51H34O/c1-51(2)44-22-9-7-16-36(44)37-27-26-33(30-45(37)51)48-38-17-5-6-18-39(38)49(42-21-12-24-47-50(42)41-19-8-10-23-46(41)52-47)40-28-25-32(29-43(40)48)35-20-11-14-31-13-3-4-15-34(31)35/h3-30H,1-2H3. The molecule has 9 aromatic carbocycles. The van der Waals surface area contributed by atoms with Crippen molar-refractivity contribution in [2.24, 2.45) is 0 Å². The van der Waals surface area contributed by atoms with Crippen LogP contribution in [0.1, 0.15) is 25.0 Å². The van der Waals surface area contributed by atoms with Crippen molar-refractivity contribution in [2.75, 3.05) is 0 Å². The summed E-state index contributed by atoms with van der Waals surface area (Å²) in [5, 5.41) is 9.78. The van der Waals surface area contributed by atoms with E-state index in [-0.39, 0.29) is 5.41 Å². The van der Waals surface area contributed by atoms with Gasteiger partial charge in [0.05, 0.1) is 0 Å². The van der Waals surface area contributed by atoms with Gasteiger partial charge in [0.1, 0.15) is 11.2 Å². The molecule has 1 heterocycles. The minimum absolute atomic E-state index is 0.0976. The van der Waals surface area contributed by atoms with Crippen molar-refractivity contribution < 1.29 is 4.42 Å². The van der Waals surface area contributed by atoms with Gasteiger partial charge >= 0.3 is 0 Å². The van der Waals surface area contributed by atoms with E-state index in [1.807, 2.05) is 0 Å². The summed E-state index contributed by atoms with van der Waals surface area (Å²) < 4.78 is 6.44. The summed E-state index contributed by atoms with van der Waals surface area (Å²) in [6, 6.07) is 62.5. The molecule has 244 valence electrons. The minimum atomic E-state index is -0.0976. The average Bonchev–Trinajstić information content (AvgIpc) is 3.68. The highest BCUT2D eigenvalue weighted by atomic mass is 16.3. The van der Waals surface area contributed by atoms with Crippen LogP contribution in [-0.2, 0) is 5.41 Å². The van der Waals surface area contributed by atoms with Gasteiger partial charge in [-0.2, -0.15) is 0 Å². The number of fused-ring (bicyclic) bond motifs is 9. The van der Waals surface area contributed by atoms with Crippen LogP contribution in [0.2, 0.25) is 0 Å². The summed E-state index contributed by atoms with van der Waals surface area (Å²) in [6.07, 6.45) is 0. The fourth-order valence-corrected chi connectivity index (χ4v) is 9.27. The van der Waals surface area contributed by atoms with Crippen molar-refractivity contribution in [1.29, 1.82) is 0 Å². The summed E-state index contributed by atoms with van der Waals surface area (Å²) in [5.74, 6) is 0. The summed E-state index contributed by atoms with van der Waals surface area (Å²) in [5.41, 5.74) is 14.6. The van der Waals surface area contributed by atoms with Gasteiger partial charge in [-0.05, 0) is 112 Å². The van der Waals surface area contributed by atoms with Gasteiger partial charge < -0.3 is 4.42 Å². The molecule has 1 nitrogen and oxygen atoms in total. The number of para-hydroxylation sites is 1. The van der Waals surface area contributed by atoms with Crippen LogP contribution in [0.4, 0.5) is 0 Å². The Morgan fingerprint density at radius 1 is 0.365 bits per heavy atom. The van der Waals surface area contributed by atoms with Gasteiger partial charge in [-0.15, -0.1) is 0 Å². The first-order chi connectivity index (χ1) is 25.6. The first kappa shape index (κ1) is 29.3. The van der Waals surface area contributed by atoms with Gasteiger partial charge in [0.25, 0.3) is 0 Å². The van der Waals surface area contributed by atoms with Gasteiger partial charge in [-0.3, -0.25) is 0 Å². The van der Waals surface area contributed by atoms with Crippen LogP contribution >= 0.6 is 0 Å². The summed E-state index contributed by atoms with van der Waals surface area (Å²) in [4.78, 5) is 0. The van der Waals surface area contributed by atoms with E-state index in [4.69, 9.17) is 4.42 Å². The molecule has 10 aromatic rings. The second-order valence-corrected chi connectivity index (χ2v) is 14.8. The highest BCUT2D eigenvalue weighted by Gasteiger charge is 2.35. The number of rotatable bonds is 3. The molecule has 0 fully saturated rings. The summed E-state index contributed by atoms with van der Waals surface area (Å²) in [7, 11) is 0. The van der Waals surface area contributed by atoms with E-state index in [9.17, 15) is 0 Å². The molecule has 0 bridgehead atoms. The van der Waals surface area contributed by atoms with Gasteiger partial charge in [0, 0.05) is 16.2 Å². The normalized spacial score (nSPS) is 13.3. The van der Waals surface area contributed by atoms with E-state index in [2.05, 4.69) is 184 Å². The molecule has 1 aromatic heterocycles. The number of hydrogen-bond donors (Lipinski definition) is 0. The van der Waals surface area contributed by atoms with E-state index in [0.29, 0.717) is 0 Å². The first-order valence-electron chi connectivity index (χ1n) is 18.2. The molecule has 0 N–H and O–H groups in total. The topological polar surface area (TPSA) is 13.1 Å². The Balaban J connectivity index is 1.28. The predicted octanol–water partition coefficient (Wildman–Crippen LogP) is 14.4. The second kappa shape index (κ2) is 10.8. The lowest BCUT2D eigenvalue weighted by Gasteiger charge is -2.23. The molecule has 0 amide bonds. The molecule has 0 saturated heterocycles. The highest BCUT2D eigenvalue weighted by Crippen LogP contribution is 2.52. The van der Waals surface area contributed by atoms with Crippen molar-refractivity contribution in [2.45, 2.75) is 19.3 Å². The van der Waals surface area contributed by atoms with Gasteiger partial charge in [-0.1, -0.05) is 159 Å². The van der Waals surface area contributed by atoms with Gasteiger partial charge in [-0.25, -0.2) is 0 Å². The lowest BCUT2D eigenvalue weighted by atomic mass is 9.80. The third-order valence-corrected chi connectivity index (χ3v) is 11.7. The zero-order valence-electron chi connectivity index (χ0n) is 29.1. The number of benzene rings is 9. The number of furan rings is 1. The molecule has 52 heavy (non-hydrogen) atoms. The van der Waals surface area contributed by atoms with Crippen molar-refractivity contribution in [3.8, 4) is 44.5 Å². The van der Waals surface area contributed by atoms with Crippen LogP contribution < -0.4 is 0 Å². The van der Waals surface area contributed by atoms with Crippen LogP contribution in [0.3, 0.4) is 0 Å². The first-order valence-corrected chi connectivity index (χ1v) is 18.2. The Bertz CT molecular complexity index is 3090. The van der Waals surface area contributed by atoms with Gasteiger partial charge in [0.2, 0.25) is 0 Å². The molecule has 1 aliphatic carbocycles. The second-order valence-electron chi connectivity index (χ2n) is 14.8. The van der Waals surface area contributed by atoms with Crippen molar-refractivity contribution >= 4 is 54.3 Å². The number of hydrogen-bond acceptors (Lipinski definition) is 1. The molecule has 11 rings (SSSR count). The van der Waals surface area contributed by atoms with Crippen LogP contribution in [-0.4, -0.2) is 0 Å². The van der Waals surface area contributed by atoms with E-state index in [0.717, 1.165) is 21.9 Å². The average molecular weight is 663 g/mol. The molecule has 0 saturated carbocycles. The summed E-state index contributed by atoms with van der Waals surface area (Å²) >= 11 is 0. The van der Waals surface area contributed by atoms with E-state index in [1.165, 1.54) is 88.0 Å². The lowest BCUT2D eigenvalue weighted by molar-refractivity contribution is 0.660. The Morgan fingerprint density at radius 2 is 0.962 bits per heavy atom. The Hall–Kier alpha value is -6.44. The summed E-state index contributed by atoms with van der Waals surface area (Å²) in [6.45, 7) is 4.74. The molecule has 1 heteroatoms. The van der Waals surface area contributed by atoms with E-state index >= 15 is 0 Å². The Morgan fingerprint density at radius 3 is 1.85 bits per heavy atom. The monoisotopic (exact) mass is 662 g/mol. The molecule has 1 aliphatic rings. The van der Waals surface area contributed by atoms with E-state index in [1.54, 1.807) is 0 Å². The van der Waals surface area contributed by atoms with Crippen molar-refractivity contribution in [3.05, 3.63) is 181 Å². The van der Waals surface area contributed by atoms with Crippen molar-refractivity contribution in [1.82, 2.24) is 0 Å². The molecule has 0 spiro atoms. The maximum atomic E-state index is 6.44. The van der Waals surface area contributed by atoms with Crippen LogP contribution in [0, 0.1) is 0 Å². The Labute approximate surface area is 302 Å². The maximum Gasteiger partial charge on any atom is 0.136 e. The zero-order valence-corrected chi connectivity index (χ0v) is 29.1. The SMILES string of the molecule is CC1(C)c2ccccc2-c2ccc(-c3c4ccccc4c(-c4cccc5oc6ccccc6c45)c4ccc(-c5cccc6ccccc56)cc34)cc21. The van der Waals surface area contributed by atoms with Gasteiger partial charge in [0.15, 0.2) is 0 Å². The minimum Gasteiger partial charge on any atom is -0.456 e. The molecule has 0 atom stereocenters. The molecular weight excluding hydrogens is 629 g/mol. The fourth-order valence-electron chi connectivity index (χ4n) is 9.27. The maximum absolute atomic E-state index is 6.44. The third-order valence-electron chi connectivity index (χ3n) is 11.7. The smallest absolute Gasteiger partial charge is 0.136 e. The van der Waals surface area contributed by atoms with Crippen LogP contribution in [0.15, 0.2) is 174 Å². The molecule has 0 aliphatic heterocycles. The molecule has 0 radical (unpaired) electrons. The van der Waals surface area contributed by atoms with Crippen LogP contribution in [0.25, 0.3) is 98.8 Å². The quantitative estimate of drug-likeness (QED) is 0.172. The van der Waals surface area contributed by atoms with Crippen LogP contribution in [0.5, 0.6) is 0 Å².